The average molecular weight is 210 g/mol. The Labute approximate surface area is 77.3 Å². The number of allylic oxidation sites excluding steroid dienone is 6. The quantitative estimate of drug-likeness (QED) is 0.591. The normalized spacial score (nSPS) is 17.8. The first-order valence-corrected chi connectivity index (χ1v) is 4.19. The van der Waals surface area contributed by atoms with Gasteiger partial charge < -0.3 is 0 Å². The van der Waals surface area contributed by atoms with E-state index in [9.17, 15) is 17.1 Å². The van der Waals surface area contributed by atoms with Gasteiger partial charge in [0.25, 0.3) is 0 Å². The van der Waals surface area contributed by atoms with E-state index in [-0.39, 0.29) is 23.5 Å². The van der Waals surface area contributed by atoms with Crippen LogP contribution in [0.25, 0.3) is 0 Å². The van der Waals surface area contributed by atoms with Gasteiger partial charge in [-0.25, -0.2) is 0 Å². The van der Waals surface area contributed by atoms with Crippen LogP contribution in [0.1, 0.15) is 6.42 Å². The van der Waals surface area contributed by atoms with Gasteiger partial charge in [-0.05, 0) is 18.6 Å². The largest absolute Gasteiger partial charge is 0.416 e. The van der Waals surface area contributed by atoms with E-state index in [0.717, 1.165) is 18.2 Å². The highest BCUT2D eigenvalue weighted by molar-refractivity contribution is 7.98. The van der Waals surface area contributed by atoms with E-state index in [1.54, 1.807) is 0 Å². The molecule has 0 saturated carbocycles. The van der Waals surface area contributed by atoms with Gasteiger partial charge in [-0.1, -0.05) is 12.2 Å². The molecule has 0 aliphatic heterocycles. The molecular weight excluding hydrogens is 204 g/mol. The van der Waals surface area contributed by atoms with Crippen LogP contribution in [0.4, 0.5) is 17.1 Å². The summed E-state index contributed by atoms with van der Waals surface area (Å²) >= 11 is -0.0303. The summed E-state index contributed by atoms with van der Waals surface area (Å²) in [4.78, 5) is 0.274. The Morgan fingerprint density at radius 2 is 1.92 bits per heavy atom. The van der Waals surface area contributed by atoms with Gasteiger partial charge in [0.2, 0.25) is 0 Å². The molecule has 1 aliphatic rings. The second-order valence-electron chi connectivity index (χ2n) is 2.44. The van der Waals surface area contributed by atoms with Crippen molar-refractivity contribution in [1.29, 1.82) is 0 Å². The summed E-state index contributed by atoms with van der Waals surface area (Å²) in [5.41, 5.74) is -0.753. The lowest BCUT2D eigenvalue weighted by Gasteiger charge is -2.04. The van der Waals surface area contributed by atoms with E-state index in [0.29, 0.717) is 0 Å². The lowest BCUT2D eigenvalue weighted by molar-refractivity contribution is -0.0881. The molecule has 0 aromatic heterocycles. The minimum absolute atomic E-state index is 0.0303. The van der Waals surface area contributed by atoms with E-state index in [1.165, 1.54) is 6.08 Å². The monoisotopic (exact) mass is 210 g/mol. The molecule has 0 aromatic carbocycles. The second-order valence-corrected chi connectivity index (χ2v) is 3.12. The van der Waals surface area contributed by atoms with Crippen molar-refractivity contribution in [2.45, 2.75) is 12.6 Å². The average Bonchev–Trinajstić information content (AvgIpc) is 2.26. The number of rotatable bonds is 1. The first-order chi connectivity index (χ1) is 6.04. The van der Waals surface area contributed by atoms with Crippen LogP contribution in [-0.2, 0) is 0 Å². The first-order valence-electron chi connectivity index (χ1n) is 3.47. The van der Waals surface area contributed by atoms with Crippen LogP contribution in [0, 0.1) is 0 Å². The summed E-state index contributed by atoms with van der Waals surface area (Å²) in [6.45, 7) is 0. The fraction of sp³-hybridized carbons (Fsp3) is 0.250. The lowest BCUT2D eigenvalue weighted by Crippen LogP contribution is -2.09. The van der Waals surface area contributed by atoms with Crippen molar-refractivity contribution in [3.8, 4) is 0 Å². The van der Waals surface area contributed by atoms with Crippen LogP contribution in [-0.4, -0.2) is 6.18 Å². The summed E-state index contributed by atoms with van der Waals surface area (Å²) in [5, 5.41) is 0. The third-order valence-corrected chi connectivity index (χ3v) is 1.99. The lowest BCUT2D eigenvalue weighted by atomic mass is 10.2. The van der Waals surface area contributed by atoms with Crippen molar-refractivity contribution in [1.82, 2.24) is 0 Å². The second kappa shape index (κ2) is 4.00. The van der Waals surface area contributed by atoms with E-state index in [1.807, 2.05) is 0 Å². The molecule has 0 atom stereocenters. The molecule has 0 bridgehead atoms. The molecule has 0 amide bonds. The third kappa shape index (κ3) is 2.91. The van der Waals surface area contributed by atoms with Gasteiger partial charge in [0.1, 0.15) is 0 Å². The molecule has 5 heteroatoms. The molecule has 13 heavy (non-hydrogen) atoms. The number of hydrogen-bond acceptors (Lipinski definition) is 1. The topological polar surface area (TPSA) is 0 Å². The molecule has 0 heterocycles. The van der Waals surface area contributed by atoms with Gasteiger partial charge in [0.05, 0.1) is 17.7 Å². The van der Waals surface area contributed by atoms with Crippen LogP contribution in [0.5, 0.6) is 0 Å². The minimum atomic E-state index is -4.36. The van der Waals surface area contributed by atoms with Crippen molar-refractivity contribution in [3.63, 3.8) is 0 Å². The summed E-state index contributed by atoms with van der Waals surface area (Å²) in [5.74, 6) is 0. The zero-order valence-corrected chi connectivity index (χ0v) is 7.25. The van der Waals surface area contributed by atoms with E-state index in [4.69, 9.17) is 0 Å². The highest BCUT2D eigenvalue weighted by Crippen LogP contribution is 2.30. The number of halogens is 4. The highest BCUT2D eigenvalue weighted by atomic mass is 32.2. The fourth-order valence-corrected chi connectivity index (χ4v) is 1.13. The van der Waals surface area contributed by atoms with Crippen LogP contribution in [0.2, 0.25) is 0 Å². The van der Waals surface area contributed by atoms with Gasteiger partial charge in [-0.15, -0.1) is 0 Å². The maximum atomic E-state index is 12.1. The Hall–Kier alpha value is -0.710. The summed E-state index contributed by atoms with van der Waals surface area (Å²) < 4.78 is 48.3. The maximum absolute atomic E-state index is 12.1. The van der Waals surface area contributed by atoms with Crippen LogP contribution < -0.4 is 0 Å². The Balaban J connectivity index is 2.89. The molecule has 0 aromatic rings. The van der Waals surface area contributed by atoms with E-state index >= 15 is 0 Å². The third-order valence-electron chi connectivity index (χ3n) is 1.49. The van der Waals surface area contributed by atoms with Gasteiger partial charge in [-0.3, -0.25) is 0 Å². The molecule has 0 N–H and O–H groups in total. The molecule has 1 aliphatic carbocycles. The molecule has 0 nitrogen and oxygen atoms in total. The minimum Gasteiger partial charge on any atom is -0.166 e. The summed E-state index contributed by atoms with van der Waals surface area (Å²) in [7, 11) is 0. The van der Waals surface area contributed by atoms with Gasteiger partial charge >= 0.3 is 6.18 Å². The molecule has 0 saturated heterocycles. The van der Waals surface area contributed by atoms with Crippen molar-refractivity contribution >= 4 is 12.1 Å². The predicted molar refractivity (Wildman–Crippen MR) is 44.7 cm³/mol. The molecule has 0 spiro atoms. The summed E-state index contributed by atoms with van der Waals surface area (Å²) in [6.07, 6.45) is 0.129. The SMILES string of the molecule is FSC1=CC=C(C(F)(F)F)C=CC1. The van der Waals surface area contributed by atoms with Crippen molar-refractivity contribution in [2.75, 3.05) is 0 Å². The van der Waals surface area contributed by atoms with E-state index in [2.05, 4.69) is 0 Å². The highest BCUT2D eigenvalue weighted by Gasteiger charge is 2.31. The molecule has 0 fully saturated rings. The molecule has 0 radical (unpaired) electrons. The molecule has 1 rings (SSSR count). The first kappa shape index (κ1) is 10.4. The molecule has 0 unspecified atom stereocenters. The van der Waals surface area contributed by atoms with Gasteiger partial charge in [-0.2, -0.15) is 17.1 Å². The Bertz CT molecular complexity index is 272. The number of alkyl halides is 3. The standard InChI is InChI=1S/C8H6F4S/c9-8(10,11)6-2-1-3-7(13-12)5-4-6/h1-2,4-5H,3H2. The number of hydrogen-bond donors (Lipinski definition) is 0. The van der Waals surface area contributed by atoms with Gasteiger partial charge in [0.15, 0.2) is 0 Å². The molecular formula is C8H6F4S. The maximum Gasteiger partial charge on any atom is 0.416 e. The Morgan fingerprint density at radius 3 is 2.46 bits per heavy atom. The van der Waals surface area contributed by atoms with Crippen molar-refractivity contribution < 1.29 is 17.1 Å². The fourth-order valence-electron chi connectivity index (χ4n) is 0.855. The molecule has 72 valence electrons. The zero-order valence-electron chi connectivity index (χ0n) is 6.44. The van der Waals surface area contributed by atoms with Crippen LogP contribution >= 0.6 is 12.1 Å². The van der Waals surface area contributed by atoms with Gasteiger partial charge in [0, 0.05) is 4.91 Å². The smallest absolute Gasteiger partial charge is 0.166 e. The van der Waals surface area contributed by atoms with Crippen LogP contribution in [0.15, 0.2) is 34.8 Å². The Morgan fingerprint density at radius 1 is 1.23 bits per heavy atom. The Kier molecular flexibility index (Phi) is 3.19. The summed E-state index contributed by atoms with van der Waals surface area (Å²) in [6, 6.07) is 0. The van der Waals surface area contributed by atoms with Crippen molar-refractivity contribution in [3.05, 3.63) is 34.8 Å². The predicted octanol–water partition coefficient (Wildman–Crippen LogP) is 3.94. The van der Waals surface area contributed by atoms with E-state index < -0.39 is 11.7 Å². The zero-order chi connectivity index (χ0) is 9.90. The van der Waals surface area contributed by atoms with Crippen LogP contribution in [0.3, 0.4) is 0 Å². The van der Waals surface area contributed by atoms with Crippen molar-refractivity contribution in [2.24, 2.45) is 0 Å².